The molecular formula is C17H25NO2S. The molecule has 21 heavy (non-hydrogen) atoms. The number of nitrogens with zero attached hydrogens (tertiary/aromatic N) is 1. The maximum absolute atomic E-state index is 12.4. The Balaban J connectivity index is 2.37. The highest BCUT2D eigenvalue weighted by Gasteiger charge is 2.29. The summed E-state index contributed by atoms with van der Waals surface area (Å²) in [7, 11) is -3.18. The SMILES string of the molecule is CC(=Nc1cc(S(=O)(=O)CC2CC2)ccc1C)C(C)(C)C. The molecule has 0 heterocycles. The summed E-state index contributed by atoms with van der Waals surface area (Å²) in [4.78, 5) is 5.05. The van der Waals surface area contributed by atoms with Crippen molar-refractivity contribution >= 4 is 21.2 Å². The number of benzene rings is 1. The Hall–Kier alpha value is -1.16. The summed E-state index contributed by atoms with van der Waals surface area (Å²) >= 11 is 0. The van der Waals surface area contributed by atoms with Crippen LogP contribution in [0.25, 0.3) is 0 Å². The fraction of sp³-hybridized carbons (Fsp3) is 0.588. The van der Waals surface area contributed by atoms with Gasteiger partial charge >= 0.3 is 0 Å². The van der Waals surface area contributed by atoms with Crippen molar-refractivity contribution in [3.05, 3.63) is 23.8 Å². The monoisotopic (exact) mass is 307 g/mol. The van der Waals surface area contributed by atoms with Gasteiger partial charge < -0.3 is 0 Å². The number of hydrogen-bond donors (Lipinski definition) is 0. The van der Waals surface area contributed by atoms with Crippen molar-refractivity contribution in [2.45, 2.75) is 52.4 Å². The molecule has 0 aliphatic heterocycles. The first-order valence-electron chi connectivity index (χ1n) is 7.49. The highest BCUT2D eigenvalue weighted by Crippen LogP contribution is 2.33. The molecular weight excluding hydrogens is 282 g/mol. The van der Waals surface area contributed by atoms with Gasteiger partial charge in [0.1, 0.15) is 0 Å². The number of aryl methyl sites for hydroxylation is 1. The van der Waals surface area contributed by atoms with E-state index in [2.05, 4.69) is 25.8 Å². The molecule has 0 spiro atoms. The van der Waals surface area contributed by atoms with Gasteiger partial charge in [-0.1, -0.05) is 26.8 Å². The smallest absolute Gasteiger partial charge is 0.178 e. The molecule has 3 nitrogen and oxygen atoms in total. The van der Waals surface area contributed by atoms with E-state index in [1.165, 1.54) is 0 Å². The van der Waals surface area contributed by atoms with Crippen LogP contribution in [0, 0.1) is 18.3 Å². The van der Waals surface area contributed by atoms with Crippen LogP contribution in [0.1, 0.15) is 46.1 Å². The van der Waals surface area contributed by atoms with Gasteiger partial charge in [0.15, 0.2) is 9.84 Å². The van der Waals surface area contributed by atoms with Crippen molar-refractivity contribution in [3.8, 4) is 0 Å². The van der Waals surface area contributed by atoms with Gasteiger partial charge in [-0.15, -0.1) is 0 Å². The van der Waals surface area contributed by atoms with Gasteiger partial charge in [0.05, 0.1) is 16.3 Å². The van der Waals surface area contributed by atoms with Crippen molar-refractivity contribution in [1.82, 2.24) is 0 Å². The lowest BCUT2D eigenvalue weighted by atomic mass is 9.91. The average molecular weight is 307 g/mol. The van der Waals surface area contributed by atoms with E-state index in [0.29, 0.717) is 10.8 Å². The second kappa shape index (κ2) is 5.56. The van der Waals surface area contributed by atoms with Gasteiger partial charge in [-0.2, -0.15) is 0 Å². The average Bonchev–Trinajstić information content (AvgIpc) is 3.13. The summed E-state index contributed by atoms with van der Waals surface area (Å²) < 4.78 is 24.8. The second-order valence-corrected chi connectivity index (χ2v) is 9.15. The molecule has 0 saturated heterocycles. The molecule has 0 N–H and O–H groups in total. The Labute approximate surface area is 128 Å². The second-order valence-electron chi connectivity index (χ2n) is 7.12. The molecule has 1 aromatic rings. The van der Waals surface area contributed by atoms with Crippen LogP contribution in [0.3, 0.4) is 0 Å². The summed E-state index contributed by atoms with van der Waals surface area (Å²) in [6.45, 7) is 10.3. The van der Waals surface area contributed by atoms with E-state index >= 15 is 0 Å². The molecule has 1 aliphatic rings. The summed E-state index contributed by atoms with van der Waals surface area (Å²) in [5, 5.41) is 0. The molecule has 1 fully saturated rings. The zero-order chi connectivity index (χ0) is 15.8. The Kier molecular flexibility index (Phi) is 4.29. The van der Waals surface area contributed by atoms with Crippen LogP contribution in [-0.4, -0.2) is 19.9 Å². The molecule has 0 radical (unpaired) electrons. The molecule has 116 valence electrons. The molecule has 0 atom stereocenters. The first-order chi connectivity index (χ1) is 9.59. The highest BCUT2D eigenvalue weighted by molar-refractivity contribution is 7.91. The van der Waals surface area contributed by atoms with E-state index in [0.717, 1.165) is 29.8 Å². The molecule has 1 aromatic carbocycles. The highest BCUT2D eigenvalue weighted by atomic mass is 32.2. The third-order valence-corrected chi connectivity index (χ3v) is 5.95. The van der Waals surface area contributed by atoms with Gasteiger partial charge in [0, 0.05) is 5.71 Å². The van der Waals surface area contributed by atoms with Gasteiger partial charge in [0.25, 0.3) is 0 Å². The zero-order valence-corrected chi connectivity index (χ0v) is 14.4. The normalized spacial score (nSPS) is 17.1. The molecule has 2 rings (SSSR count). The first-order valence-corrected chi connectivity index (χ1v) is 9.14. The molecule has 0 aromatic heterocycles. The van der Waals surface area contributed by atoms with Crippen LogP contribution in [0.15, 0.2) is 28.1 Å². The molecule has 1 saturated carbocycles. The Morgan fingerprint density at radius 2 is 1.90 bits per heavy atom. The predicted octanol–water partition coefficient (Wildman–Crippen LogP) is 4.32. The fourth-order valence-electron chi connectivity index (χ4n) is 1.94. The van der Waals surface area contributed by atoms with Crippen LogP contribution in [0.4, 0.5) is 5.69 Å². The fourth-order valence-corrected chi connectivity index (χ4v) is 3.66. The maximum atomic E-state index is 12.4. The molecule has 0 amide bonds. The van der Waals surface area contributed by atoms with Gasteiger partial charge in [-0.3, -0.25) is 4.99 Å². The largest absolute Gasteiger partial charge is 0.257 e. The van der Waals surface area contributed by atoms with Crippen LogP contribution in [-0.2, 0) is 9.84 Å². The summed E-state index contributed by atoms with van der Waals surface area (Å²) in [6, 6.07) is 5.29. The third kappa shape index (κ3) is 4.16. The topological polar surface area (TPSA) is 46.5 Å². The summed E-state index contributed by atoms with van der Waals surface area (Å²) in [5.74, 6) is 0.636. The number of rotatable bonds is 4. The number of aliphatic imine (C=N–C) groups is 1. The van der Waals surface area contributed by atoms with Crippen molar-refractivity contribution in [2.75, 3.05) is 5.75 Å². The van der Waals surface area contributed by atoms with Crippen molar-refractivity contribution in [3.63, 3.8) is 0 Å². The van der Waals surface area contributed by atoms with Gasteiger partial charge in [-0.05, 0) is 55.7 Å². The van der Waals surface area contributed by atoms with Crippen LogP contribution in [0.2, 0.25) is 0 Å². The Bertz CT molecular complexity index is 663. The predicted molar refractivity (Wildman–Crippen MR) is 88.2 cm³/mol. The van der Waals surface area contributed by atoms with Gasteiger partial charge in [0.2, 0.25) is 0 Å². The standard InChI is InChI=1S/C17H25NO2S/c1-12-6-9-15(21(19,20)11-14-7-8-14)10-16(12)18-13(2)17(3,4)5/h6,9-10,14H,7-8,11H2,1-5H3. The minimum absolute atomic E-state index is 0.0185. The minimum Gasteiger partial charge on any atom is -0.257 e. The molecule has 0 unspecified atom stereocenters. The lowest BCUT2D eigenvalue weighted by molar-refractivity contribution is 0.588. The zero-order valence-electron chi connectivity index (χ0n) is 13.6. The summed E-state index contributed by atoms with van der Waals surface area (Å²) in [6.07, 6.45) is 2.08. The van der Waals surface area contributed by atoms with Crippen molar-refractivity contribution < 1.29 is 8.42 Å². The van der Waals surface area contributed by atoms with Crippen LogP contribution < -0.4 is 0 Å². The van der Waals surface area contributed by atoms with Crippen LogP contribution in [0.5, 0.6) is 0 Å². The minimum atomic E-state index is -3.18. The third-order valence-electron chi connectivity index (χ3n) is 4.07. The lowest BCUT2D eigenvalue weighted by Crippen LogP contribution is -2.16. The van der Waals surface area contributed by atoms with E-state index in [9.17, 15) is 8.42 Å². The van der Waals surface area contributed by atoms with Gasteiger partial charge in [-0.25, -0.2) is 8.42 Å². The van der Waals surface area contributed by atoms with E-state index in [4.69, 9.17) is 0 Å². The van der Waals surface area contributed by atoms with E-state index in [-0.39, 0.29) is 11.2 Å². The molecule has 0 bridgehead atoms. The number of sulfone groups is 1. The van der Waals surface area contributed by atoms with Crippen molar-refractivity contribution in [2.24, 2.45) is 16.3 Å². The van der Waals surface area contributed by atoms with E-state index in [1.807, 2.05) is 19.9 Å². The quantitative estimate of drug-likeness (QED) is 0.778. The van der Waals surface area contributed by atoms with E-state index in [1.54, 1.807) is 12.1 Å². The van der Waals surface area contributed by atoms with Crippen molar-refractivity contribution in [1.29, 1.82) is 0 Å². The number of hydrogen-bond acceptors (Lipinski definition) is 3. The molecule has 1 aliphatic carbocycles. The summed E-state index contributed by atoms with van der Waals surface area (Å²) in [5.41, 5.74) is 2.75. The van der Waals surface area contributed by atoms with E-state index < -0.39 is 9.84 Å². The Morgan fingerprint density at radius 3 is 2.43 bits per heavy atom. The van der Waals surface area contributed by atoms with Crippen LogP contribution >= 0.6 is 0 Å². The first kappa shape index (κ1) is 16.2. The maximum Gasteiger partial charge on any atom is 0.178 e. The lowest BCUT2D eigenvalue weighted by Gasteiger charge is -2.18. The Morgan fingerprint density at radius 1 is 1.29 bits per heavy atom. The molecule has 4 heteroatoms.